The Hall–Kier alpha value is -3.25. The zero-order valence-electron chi connectivity index (χ0n) is 17.9. The van der Waals surface area contributed by atoms with Crippen LogP contribution in [0.1, 0.15) is 43.2 Å². The number of hydrogen-bond acceptors (Lipinski definition) is 6. The number of ether oxygens (including phenoxy) is 2. The first-order valence-electron chi connectivity index (χ1n) is 10.4. The predicted molar refractivity (Wildman–Crippen MR) is 120 cm³/mol. The molecule has 2 aliphatic rings. The van der Waals surface area contributed by atoms with Gasteiger partial charge in [-0.1, -0.05) is 41.9 Å². The number of ketones is 1. The van der Waals surface area contributed by atoms with Crippen molar-refractivity contribution < 1.29 is 24.2 Å². The minimum atomic E-state index is -0.672. The summed E-state index contributed by atoms with van der Waals surface area (Å²) in [7, 11) is 1.42. The quantitative estimate of drug-likeness (QED) is 0.634. The van der Waals surface area contributed by atoms with Gasteiger partial charge in [0.25, 0.3) is 0 Å². The molecule has 32 heavy (non-hydrogen) atoms. The molecule has 4 rings (SSSR count). The summed E-state index contributed by atoms with van der Waals surface area (Å²) < 4.78 is 10.9. The average Bonchev–Trinajstić information content (AvgIpc) is 2.79. The molecule has 0 bridgehead atoms. The monoisotopic (exact) mass is 453 g/mol. The van der Waals surface area contributed by atoms with Crippen LogP contribution in [0, 0.1) is 0 Å². The number of Topliss-reactive ketones (excluding diaryl/α,β-unsaturated/α-hetero) is 1. The normalized spacial score (nSPS) is 18.2. The molecule has 6 nitrogen and oxygen atoms in total. The van der Waals surface area contributed by atoms with Gasteiger partial charge in [0.15, 0.2) is 17.3 Å². The van der Waals surface area contributed by atoms with E-state index in [2.05, 4.69) is 5.32 Å². The average molecular weight is 454 g/mol. The zero-order chi connectivity index (χ0) is 22.8. The molecule has 1 aliphatic heterocycles. The highest BCUT2D eigenvalue weighted by atomic mass is 35.5. The first-order chi connectivity index (χ1) is 15.4. The van der Waals surface area contributed by atoms with Crippen LogP contribution < -0.4 is 10.1 Å². The number of esters is 1. The number of rotatable bonds is 5. The van der Waals surface area contributed by atoms with E-state index in [0.29, 0.717) is 35.2 Å². The van der Waals surface area contributed by atoms with E-state index in [4.69, 9.17) is 21.1 Å². The molecule has 1 heterocycles. The number of benzene rings is 2. The molecule has 0 saturated heterocycles. The number of aromatic hydroxyl groups is 1. The van der Waals surface area contributed by atoms with Crippen LogP contribution in [0.4, 0.5) is 0 Å². The Morgan fingerprint density at radius 3 is 2.69 bits per heavy atom. The SMILES string of the molecule is COc1cc(C2C(C(=O)OCc3ccccc3)=C(C)NC3=C2C(=O)CCC3)cc(Cl)c1O. The first kappa shape index (κ1) is 22.0. The minimum Gasteiger partial charge on any atom is -0.503 e. The fourth-order valence-electron chi connectivity index (χ4n) is 4.30. The van der Waals surface area contributed by atoms with Crippen molar-refractivity contribution in [3.63, 3.8) is 0 Å². The summed E-state index contributed by atoms with van der Waals surface area (Å²) in [5.41, 5.74) is 3.77. The van der Waals surface area contributed by atoms with E-state index in [-0.39, 0.29) is 28.9 Å². The van der Waals surface area contributed by atoms with E-state index >= 15 is 0 Å². The van der Waals surface area contributed by atoms with Gasteiger partial charge in [0.05, 0.1) is 17.7 Å². The standard InChI is InChI=1S/C25H24ClNO5/c1-14-21(25(30)32-13-15-7-4-3-5-8-15)22(23-18(27-14)9-6-10-19(23)28)16-11-17(26)24(29)20(12-16)31-2/h3-5,7-8,11-12,22,27,29H,6,9-10,13H2,1-2H3. The lowest BCUT2D eigenvalue weighted by molar-refractivity contribution is -0.140. The van der Waals surface area contributed by atoms with Crippen LogP contribution in [0.15, 0.2) is 65.0 Å². The van der Waals surface area contributed by atoms with Crippen LogP contribution in [0.25, 0.3) is 0 Å². The van der Waals surface area contributed by atoms with E-state index in [1.54, 1.807) is 19.1 Å². The molecule has 0 saturated carbocycles. The summed E-state index contributed by atoms with van der Waals surface area (Å²) in [6.45, 7) is 1.91. The Labute approximate surface area is 191 Å². The van der Waals surface area contributed by atoms with Crippen molar-refractivity contribution in [2.45, 2.75) is 38.7 Å². The number of phenolic OH excluding ortho intramolecular Hbond substituents is 1. The second kappa shape index (κ2) is 9.09. The van der Waals surface area contributed by atoms with E-state index in [1.165, 1.54) is 7.11 Å². The van der Waals surface area contributed by atoms with Gasteiger partial charge in [-0.3, -0.25) is 4.79 Å². The number of nitrogens with one attached hydrogen (secondary N) is 1. The van der Waals surface area contributed by atoms with Crippen molar-refractivity contribution in [2.75, 3.05) is 7.11 Å². The molecule has 1 unspecified atom stereocenters. The Balaban J connectivity index is 1.78. The van der Waals surface area contributed by atoms with Gasteiger partial charge < -0.3 is 19.9 Å². The number of halogens is 1. The molecule has 2 N–H and O–H groups in total. The van der Waals surface area contributed by atoms with E-state index in [1.807, 2.05) is 30.3 Å². The summed E-state index contributed by atoms with van der Waals surface area (Å²) in [6.07, 6.45) is 1.87. The molecule has 7 heteroatoms. The lowest BCUT2D eigenvalue weighted by Gasteiger charge is -2.34. The molecular weight excluding hydrogens is 430 g/mol. The molecule has 1 atom stereocenters. The largest absolute Gasteiger partial charge is 0.503 e. The summed E-state index contributed by atoms with van der Waals surface area (Å²) >= 11 is 6.25. The van der Waals surface area contributed by atoms with Crippen LogP contribution in [-0.2, 0) is 20.9 Å². The van der Waals surface area contributed by atoms with E-state index in [9.17, 15) is 14.7 Å². The number of dihydropyridines is 1. The summed E-state index contributed by atoms with van der Waals surface area (Å²) in [5.74, 6) is -1.23. The van der Waals surface area contributed by atoms with Gasteiger partial charge in [-0.05, 0) is 43.0 Å². The molecule has 0 aromatic heterocycles. The third-order valence-corrected chi connectivity index (χ3v) is 6.10. The van der Waals surface area contributed by atoms with Gasteiger partial charge in [0.1, 0.15) is 6.61 Å². The van der Waals surface area contributed by atoms with Crippen molar-refractivity contribution in [1.82, 2.24) is 5.32 Å². The molecular formula is C25H24ClNO5. The van der Waals surface area contributed by atoms with Crippen molar-refractivity contribution in [3.8, 4) is 11.5 Å². The van der Waals surface area contributed by atoms with Crippen LogP contribution in [-0.4, -0.2) is 24.0 Å². The molecule has 166 valence electrons. The van der Waals surface area contributed by atoms with Gasteiger partial charge in [0, 0.05) is 29.3 Å². The molecule has 2 aromatic rings. The maximum atomic E-state index is 13.3. The Bertz CT molecular complexity index is 1140. The molecule has 0 fully saturated rings. The molecule has 1 aliphatic carbocycles. The van der Waals surface area contributed by atoms with Crippen molar-refractivity contribution >= 4 is 23.4 Å². The molecule has 2 aromatic carbocycles. The number of allylic oxidation sites excluding steroid dienone is 3. The van der Waals surface area contributed by atoms with Crippen LogP contribution in [0.3, 0.4) is 0 Å². The van der Waals surface area contributed by atoms with Gasteiger partial charge in [-0.2, -0.15) is 0 Å². The number of carbonyl (C=O) groups excluding carboxylic acids is 2. The smallest absolute Gasteiger partial charge is 0.337 e. The molecule has 0 radical (unpaired) electrons. The van der Waals surface area contributed by atoms with Gasteiger partial charge in [-0.15, -0.1) is 0 Å². The lowest BCUT2D eigenvalue weighted by atomic mass is 9.75. The van der Waals surface area contributed by atoms with E-state index < -0.39 is 11.9 Å². The van der Waals surface area contributed by atoms with E-state index in [0.717, 1.165) is 17.7 Å². The van der Waals surface area contributed by atoms with Crippen molar-refractivity contribution in [1.29, 1.82) is 0 Å². The Kier molecular flexibility index (Phi) is 6.24. The minimum absolute atomic E-state index is 0.0206. The first-order valence-corrected chi connectivity index (χ1v) is 10.8. The highest BCUT2D eigenvalue weighted by Gasteiger charge is 2.39. The van der Waals surface area contributed by atoms with Crippen molar-refractivity contribution in [2.24, 2.45) is 0 Å². The van der Waals surface area contributed by atoms with Crippen LogP contribution in [0.5, 0.6) is 11.5 Å². The maximum Gasteiger partial charge on any atom is 0.337 e. The number of methoxy groups -OCH3 is 1. The van der Waals surface area contributed by atoms with Gasteiger partial charge in [-0.25, -0.2) is 4.79 Å². The van der Waals surface area contributed by atoms with Gasteiger partial charge in [0.2, 0.25) is 0 Å². The van der Waals surface area contributed by atoms with Crippen molar-refractivity contribution in [3.05, 3.63) is 81.2 Å². The number of phenols is 1. The summed E-state index contributed by atoms with van der Waals surface area (Å²) in [4.78, 5) is 26.3. The van der Waals surface area contributed by atoms with Crippen LogP contribution in [0.2, 0.25) is 5.02 Å². The second-order valence-corrected chi connectivity index (χ2v) is 8.29. The van der Waals surface area contributed by atoms with Crippen LogP contribution >= 0.6 is 11.6 Å². The second-order valence-electron chi connectivity index (χ2n) is 7.88. The number of hydrogen-bond donors (Lipinski definition) is 2. The zero-order valence-corrected chi connectivity index (χ0v) is 18.7. The third kappa shape index (κ3) is 4.10. The highest BCUT2D eigenvalue weighted by Crippen LogP contribution is 2.46. The third-order valence-electron chi connectivity index (χ3n) is 5.81. The lowest BCUT2D eigenvalue weighted by Crippen LogP contribution is -2.34. The maximum absolute atomic E-state index is 13.3. The molecule has 0 amide bonds. The highest BCUT2D eigenvalue weighted by molar-refractivity contribution is 6.32. The number of carbonyl (C=O) groups is 2. The Morgan fingerprint density at radius 2 is 1.97 bits per heavy atom. The predicted octanol–water partition coefficient (Wildman–Crippen LogP) is 4.77. The molecule has 0 spiro atoms. The van der Waals surface area contributed by atoms with Gasteiger partial charge >= 0.3 is 5.97 Å². The fourth-order valence-corrected chi connectivity index (χ4v) is 4.52. The summed E-state index contributed by atoms with van der Waals surface area (Å²) in [5, 5.41) is 13.5. The summed E-state index contributed by atoms with van der Waals surface area (Å²) in [6, 6.07) is 12.6. The Morgan fingerprint density at radius 1 is 1.22 bits per heavy atom. The fraction of sp³-hybridized carbons (Fsp3) is 0.280. The topological polar surface area (TPSA) is 84.9 Å².